The molecular weight excluding hydrogens is 154 g/mol. The molecule has 0 aromatic carbocycles. The molecule has 0 amide bonds. The largest absolute Gasteiger partial charge is 0.327 e. The minimum atomic E-state index is -0.208. The topological polar surface area (TPSA) is 60.2 Å². The van der Waals surface area contributed by atoms with Crippen molar-refractivity contribution in [2.45, 2.75) is 39.7 Å². The molecule has 1 atom stereocenters. The monoisotopic (exact) mass is 171 g/mol. The van der Waals surface area contributed by atoms with Crippen LogP contribution in [0.4, 0.5) is 0 Å². The van der Waals surface area contributed by atoms with Crippen molar-refractivity contribution in [1.82, 2.24) is 0 Å². The zero-order chi connectivity index (χ0) is 9.78. The molecule has 0 rings (SSSR count). The first kappa shape index (κ1) is 11.3. The van der Waals surface area contributed by atoms with Gasteiger partial charge in [0.25, 0.3) is 0 Å². The Morgan fingerprint density at radius 2 is 2.08 bits per heavy atom. The van der Waals surface area contributed by atoms with E-state index in [1.165, 1.54) is 0 Å². The van der Waals surface area contributed by atoms with Crippen LogP contribution in [0.15, 0.2) is 0 Å². The van der Waals surface area contributed by atoms with Gasteiger partial charge in [0.05, 0.1) is 6.42 Å². The lowest BCUT2D eigenvalue weighted by Gasteiger charge is -2.27. The van der Waals surface area contributed by atoms with Crippen LogP contribution < -0.4 is 5.73 Å². The molecule has 2 N–H and O–H groups in total. The van der Waals surface area contributed by atoms with Crippen LogP contribution in [0.25, 0.3) is 0 Å². The Morgan fingerprint density at radius 3 is 2.42 bits per heavy atom. The molecule has 12 heavy (non-hydrogen) atoms. The number of hydrogen-bond acceptors (Lipinski definition) is 3. The summed E-state index contributed by atoms with van der Waals surface area (Å²) in [5, 5.41) is 0. The summed E-state index contributed by atoms with van der Waals surface area (Å²) in [4.78, 5) is 21.1. The fourth-order valence-electron chi connectivity index (χ4n) is 0.834. The molecule has 0 heterocycles. The van der Waals surface area contributed by atoms with E-state index >= 15 is 0 Å². The van der Waals surface area contributed by atoms with Crippen LogP contribution in [0.5, 0.6) is 0 Å². The maximum absolute atomic E-state index is 11.1. The molecule has 0 saturated heterocycles. The number of nitrogens with two attached hydrogens (primary N) is 1. The van der Waals surface area contributed by atoms with Gasteiger partial charge in [0.2, 0.25) is 0 Å². The highest BCUT2D eigenvalue weighted by atomic mass is 16.1. The maximum Gasteiger partial charge on any atom is 0.140 e. The van der Waals surface area contributed by atoms with Crippen LogP contribution in [0.2, 0.25) is 0 Å². The highest BCUT2D eigenvalue weighted by molar-refractivity contribution is 5.90. The van der Waals surface area contributed by atoms with Crippen molar-refractivity contribution in [3.63, 3.8) is 0 Å². The predicted molar refractivity (Wildman–Crippen MR) is 47.7 cm³/mol. The Bertz CT molecular complexity index is 173. The van der Waals surface area contributed by atoms with Gasteiger partial charge in [0.15, 0.2) is 0 Å². The summed E-state index contributed by atoms with van der Waals surface area (Å²) in [6, 6.07) is -0.0342. The SMILES string of the molecule is CC(N)C(C)(C)CC(=O)CC=O. The van der Waals surface area contributed by atoms with Crippen molar-refractivity contribution in [3.05, 3.63) is 0 Å². The number of aldehydes is 1. The van der Waals surface area contributed by atoms with Gasteiger partial charge in [0.1, 0.15) is 12.1 Å². The molecule has 0 aliphatic carbocycles. The minimum absolute atomic E-state index is 0.0101. The van der Waals surface area contributed by atoms with Crippen LogP contribution in [0, 0.1) is 5.41 Å². The highest BCUT2D eigenvalue weighted by Crippen LogP contribution is 2.24. The third kappa shape index (κ3) is 3.62. The van der Waals surface area contributed by atoms with Gasteiger partial charge in [-0.1, -0.05) is 13.8 Å². The average molecular weight is 171 g/mol. The third-order valence-electron chi connectivity index (χ3n) is 2.20. The van der Waals surface area contributed by atoms with E-state index in [1.807, 2.05) is 20.8 Å². The smallest absolute Gasteiger partial charge is 0.140 e. The van der Waals surface area contributed by atoms with E-state index in [0.29, 0.717) is 12.7 Å². The molecule has 0 radical (unpaired) electrons. The molecule has 0 aliphatic heterocycles. The fraction of sp³-hybridized carbons (Fsp3) is 0.778. The van der Waals surface area contributed by atoms with E-state index in [4.69, 9.17) is 5.73 Å². The van der Waals surface area contributed by atoms with E-state index < -0.39 is 0 Å². The molecule has 0 bridgehead atoms. The molecule has 0 spiro atoms. The molecule has 0 fully saturated rings. The van der Waals surface area contributed by atoms with E-state index in [1.54, 1.807) is 0 Å². The highest BCUT2D eigenvalue weighted by Gasteiger charge is 2.25. The Labute approximate surface area is 73.3 Å². The maximum atomic E-state index is 11.1. The van der Waals surface area contributed by atoms with Crippen LogP contribution in [0.1, 0.15) is 33.6 Å². The zero-order valence-corrected chi connectivity index (χ0v) is 7.96. The predicted octanol–water partition coefficient (Wildman–Crippen LogP) is 0.908. The number of ketones is 1. The van der Waals surface area contributed by atoms with E-state index in [0.717, 1.165) is 0 Å². The Hall–Kier alpha value is -0.700. The first-order valence-electron chi connectivity index (χ1n) is 4.11. The lowest BCUT2D eigenvalue weighted by Crippen LogP contribution is -2.36. The Morgan fingerprint density at radius 1 is 1.58 bits per heavy atom. The third-order valence-corrected chi connectivity index (χ3v) is 2.20. The van der Waals surface area contributed by atoms with Gasteiger partial charge in [-0.3, -0.25) is 4.79 Å². The summed E-state index contributed by atoms with van der Waals surface area (Å²) < 4.78 is 0. The summed E-state index contributed by atoms with van der Waals surface area (Å²) in [6.45, 7) is 5.73. The molecular formula is C9H17NO2. The van der Waals surface area contributed by atoms with Crippen LogP contribution in [-0.4, -0.2) is 18.1 Å². The molecule has 0 aliphatic rings. The standard InChI is InChI=1S/C9H17NO2/c1-7(10)9(2,3)6-8(12)4-5-11/h5,7H,4,6,10H2,1-3H3. The second-order valence-corrected chi connectivity index (χ2v) is 3.86. The number of Topliss-reactive ketones (excluding diaryl/α,β-unsaturated/α-hetero) is 1. The van der Waals surface area contributed by atoms with Gasteiger partial charge in [-0.05, 0) is 12.3 Å². The number of carbonyl (C=O) groups excluding carboxylic acids is 2. The van der Waals surface area contributed by atoms with Crippen molar-refractivity contribution in [2.24, 2.45) is 11.1 Å². The van der Waals surface area contributed by atoms with E-state index in [2.05, 4.69) is 0 Å². The molecule has 3 nitrogen and oxygen atoms in total. The summed E-state index contributed by atoms with van der Waals surface area (Å²) in [5.74, 6) is -0.0349. The summed E-state index contributed by atoms with van der Waals surface area (Å²) in [7, 11) is 0. The fourth-order valence-corrected chi connectivity index (χ4v) is 0.834. The number of hydrogen-bond donors (Lipinski definition) is 1. The zero-order valence-electron chi connectivity index (χ0n) is 7.96. The first-order chi connectivity index (χ1) is 5.40. The average Bonchev–Trinajstić information content (AvgIpc) is 1.85. The number of rotatable bonds is 5. The lowest BCUT2D eigenvalue weighted by atomic mass is 9.81. The van der Waals surface area contributed by atoms with Gasteiger partial charge in [-0.2, -0.15) is 0 Å². The van der Waals surface area contributed by atoms with Crippen molar-refractivity contribution in [1.29, 1.82) is 0 Å². The van der Waals surface area contributed by atoms with E-state index in [9.17, 15) is 9.59 Å². The molecule has 3 heteroatoms. The first-order valence-corrected chi connectivity index (χ1v) is 4.11. The van der Waals surface area contributed by atoms with Crippen LogP contribution in [-0.2, 0) is 9.59 Å². The summed E-state index contributed by atoms with van der Waals surface area (Å²) in [5.41, 5.74) is 5.47. The Kier molecular flexibility index (Phi) is 4.10. The van der Waals surface area contributed by atoms with Crippen molar-refractivity contribution in [3.8, 4) is 0 Å². The van der Waals surface area contributed by atoms with Gasteiger partial charge >= 0.3 is 0 Å². The van der Waals surface area contributed by atoms with Crippen molar-refractivity contribution >= 4 is 12.1 Å². The second-order valence-electron chi connectivity index (χ2n) is 3.86. The minimum Gasteiger partial charge on any atom is -0.327 e. The van der Waals surface area contributed by atoms with Crippen molar-refractivity contribution in [2.75, 3.05) is 0 Å². The molecule has 1 unspecified atom stereocenters. The molecule has 0 saturated carbocycles. The molecule has 0 aromatic rings. The quantitative estimate of drug-likeness (QED) is 0.494. The van der Waals surface area contributed by atoms with Crippen molar-refractivity contribution < 1.29 is 9.59 Å². The van der Waals surface area contributed by atoms with Gasteiger partial charge < -0.3 is 10.5 Å². The van der Waals surface area contributed by atoms with Crippen LogP contribution in [0.3, 0.4) is 0 Å². The van der Waals surface area contributed by atoms with Gasteiger partial charge in [0, 0.05) is 12.5 Å². The van der Waals surface area contributed by atoms with Gasteiger partial charge in [-0.15, -0.1) is 0 Å². The number of carbonyl (C=O) groups is 2. The van der Waals surface area contributed by atoms with E-state index in [-0.39, 0.29) is 23.7 Å². The van der Waals surface area contributed by atoms with Crippen LogP contribution >= 0.6 is 0 Å². The summed E-state index contributed by atoms with van der Waals surface area (Å²) >= 11 is 0. The molecule has 0 aromatic heterocycles. The normalized spacial score (nSPS) is 14.0. The second kappa shape index (κ2) is 4.36. The lowest BCUT2D eigenvalue weighted by molar-refractivity contribution is -0.124. The van der Waals surface area contributed by atoms with Gasteiger partial charge in [-0.25, -0.2) is 0 Å². The Balaban J connectivity index is 4.05. The molecule has 70 valence electrons. The summed E-state index contributed by atoms with van der Waals surface area (Å²) in [6.07, 6.45) is 1.03.